The Morgan fingerprint density at radius 1 is 1.62 bits per heavy atom. The van der Waals surface area contributed by atoms with Crippen LogP contribution in [0.1, 0.15) is 17.6 Å². The predicted octanol–water partition coefficient (Wildman–Crippen LogP) is 2.13. The number of halogens is 3. The molecule has 1 heterocycles. The van der Waals surface area contributed by atoms with Gasteiger partial charge < -0.3 is 10.1 Å². The van der Waals surface area contributed by atoms with E-state index in [9.17, 15) is 23.3 Å². The Kier molecular flexibility index (Phi) is 3.40. The summed E-state index contributed by atoms with van der Waals surface area (Å²) >= 11 is 0. The SMILES string of the molecule is N#CCc1cc(F)nc([N+](=O)[O-])c1C(F)F. The van der Waals surface area contributed by atoms with Crippen LogP contribution in [-0.4, -0.2) is 9.91 Å². The summed E-state index contributed by atoms with van der Waals surface area (Å²) in [5.74, 6) is -2.51. The molecule has 84 valence electrons. The third-order valence-electron chi connectivity index (χ3n) is 1.75. The molecule has 16 heavy (non-hydrogen) atoms. The number of aromatic nitrogens is 1. The predicted molar refractivity (Wildman–Crippen MR) is 45.1 cm³/mol. The van der Waals surface area contributed by atoms with Crippen LogP contribution in [0.4, 0.5) is 19.0 Å². The quantitative estimate of drug-likeness (QED) is 0.453. The van der Waals surface area contributed by atoms with Gasteiger partial charge in [-0.05, 0) is 15.5 Å². The van der Waals surface area contributed by atoms with Crippen molar-refractivity contribution in [1.82, 2.24) is 4.98 Å². The number of nitrogens with zero attached hydrogens (tertiary/aromatic N) is 3. The van der Waals surface area contributed by atoms with E-state index in [0.29, 0.717) is 6.07 Å². The van der Waals surface area contributed by atoms with Crippen LogP contribution >= 0.6 is 0 Å². The van der Waals surface area contributed by atoms with Gasteiger partial charge >= 0.3 is 11.8 Å². The highest BCUT2D eigenvalue weighted by Gasteiger charge is 2.28. The number of rotatable bonds is 3. The van der Waals surface area contributed by atoms with E-state index in [-0.39, 0.29) is 0 Å². The molecule has 0 saturated heterocycles. The number of nitriles is 1. The van der Waals surface area contributed by atoms with Gasteiger partial charge in [0.1, 0.15) is 5.56 Å². The Morgan fingerprint density at radius 2 is 2.25 bits per heavy atom. The lowest BCUT2D eigenvalue weighted by atomic mass is 10.1. The van der Waals surface area contributed by atoms with Gasteiger partial charge in [-0.3, -0.25) is 0 Å². The molecule has 0 amide bonds. The highest BCUT2D eigenvalue weighted by Crippen LogP contribution is 2.31. The first-order valence-electron chi connectivity index (χ1n) is 3.96. The molecule has 8 heteroatoms. The van der Waals surface area contributed by atoms with Crippen LogP contribution in [-0.2, 0) is 6.42 Å². The van der Waals surface area contributed by atoms with E-state index in [0.717, 1.165) is 0 Å². The lowest BCUT2D eigenvalue weighted by Gasteiger charge is -2.05. The Morgan fingerprint density at radius 3 is 2.69 bits per heavy atom. The van der Waals surface area contributed by atoms with E-state index in [1.54, 1.807) is 0 Å². The molecule has 0 saturated carbocycles. The van der Waals surface area contributed by atoms with Gasteiger partial charge in [-0.2, -0.15) is 9.65 Å². The van der Waals surface area contributed by atoms with Crippen LogP contribution < -0.4 is 0 Å². The molecule has 0 fully saturated rings. The molecule has 0 radical (unpaired) electrons. The fraction of sp³-hybridized carbons (Fsp3) is 0.250. The average molecular weight is 231 g/mol. The largest absolute Gasteiger partial charge is 0.376 e. The van der Waals surface area contributed by atoms with Crippen molar-refractivity contribution >= 4 is 5.82 Å². The zero-order valence-corrected chi connectivity index (χ0v) is 7.65. The number of hydrogen-bond donors (Lipinski definition) is 0. The number of nitro groups is 1. The van der Waals surface area contributed by atoms with E-state index in [2.05, 4.69) is 4.98 Å². The Balaban J connectivity index is 3.48. The average Bonchev–Trinajstić information content (AvgIpc) is 2.16. The van der Waals surface area contributed by atoms with Gasteiger partial charge in [0.2, 0.25) is 0 Å². The van der Waals surface area contributed by atoms with Gasteiger partial charge in [-0.1, -0.05) is 0 Å². The second-order valence-electron chi connectivity index (χ2n) is 2.73. The summed E-state index contributed by atoms with van der Waals surface area (Å²) in [6.45, 7) is 0. The normalized spacial score (nSPS) is 10.2. The van der Waals surface area contributed by atoms with E-state index < -0.39 is 40.7 Å². The van der Waals surface area contributed by atoms with Crippen molar-refractivity contribution in [3.8, 4) is 6.07 Å². The highest BCUT2D eigenvalue weighted by atomic mass is 19.3. The van der Waals surface area contributed by atoms with Gasteiger partial charge in [0.05, 0.1) is 12.5 Å². The number of hydrogen-bond acceptors (Lipinski definition) is 4. The molecule has 0 bridgehead atoms. The molecule has 0 aromatic carbocycles. The lowest BCUT2D eigenvalue weighted by Crippen LogP contribution is -2.05. The minimum atomic E-state index is -3.18. The van der Waals surface area contributed by atoms with Crippen molar-refractivity contribution in [2.75, 3.05) is 0 Å². The van der Waals surface area contributed by atoms with Crippen LogP contribution in [0, 0.1) is 27.4 Å². The van der Waals surface area contributed by atoms with Gasteiger partial charge in [-0.25, -0.2) is 8.78 Å². The summed E-state index contributed by atoms with van der Waals surface area (Å²) in [4.78, 5) is 12.0. The second-order valence-corrected chi connectivity index (χ2v) is 2.73. The van der Waals surface area contributed by atoms with Crippen molar-refractivity contribution < 1.29 is 18.1 Å². The Labute approximate surface area is 87.3 Å². The molecule has 0 N–H and O–H groups in total. The van der Waals surface area contributed by atoms with Gasteiger partial charge in [0.15, 0.2) is 0 Å². The summed E-state index contributed by atoms with van der Waals surface area (Å²) in [5, 5.41) is 18.7. The minimum Gasteiger partial charge on any atom is -0.358 e. The van der Waals surface area contributed by atoms with E-state index in [4.69, 9.17) is 5.26 Å². The maximum absolute atomic E-state index is 12.8. The van der Waals surface area contributed by atoms with E-state index in [1.165, 1.54) is 6.07 Å². The molecule has 1 aromatic rings. The van der Waals surface area contributed by atoms with Crippen LogP contribution in [0.25, 0.3) is 0 Å². The highest BCUT2D eigenvalue weighted by molar-refractivity contribution is 5.41. The van der Waals surface area contributed by atoms with Crippen molar-refractivity contribution in [1.29, 1.82) is 5.26 Å². The Hall–Kier alpha value is -2.17. The van der Waals surface area contributed by atoms with E-state index >= 15 is 0 Å². The monoisotopic (exact) mass is 231 g/mol. The van der Waals surface area contributed by atoms with Crippen molar-refractivity contribution in [3.63, 3.8) is 0 Å². The minimum absolute atomic E-state index is 0.420. The molecular weight excluding hydrogens is 227 g/mol. The fourth-order valence-electron chi connectivity index (χ4n) is 1.17. The zero-order chi connectivity index (χ0) is 12.3. The Bertz CT molecular complexity index is 470. The number of alkyl halides is 2. The molecular formula is C8H4F3N3O2. The zero-order valence-electron chi connectivity index (χ0n) is 7.65. The van der Waals surface area contributed by atoms with Crippen LogP contribution in [0.15, 0.2) is 6.07 Å². The molecule has 1 rings (SSSR count). The molecule has 0 atom stereocenters. The summed E-state index contributed by atoms with van der Waals surface area (Å²) in [7, 11) is 0. The molecule has 5 nitrogen and oxygen atoms in total. The van der Waals surface area contributed by atoms with Gasteiger partial charge in [-0.15, -0.1) is 0 Å². The molecule has 0 aliphatic carbocycles. The summed E-state index contributed by atoms with van der Waals surface area (Å²) in [5.41, 5.74) is -1.43. The molecule has 0 aliphatic heterocycles. The van der Waals surface area contributed by atoms with Gasteiger partial charge in [0.25, 0.3) is 6.43 Å². The maximum Gasteiger partial charge on any atom is 0.376 e. The first kappa shape index (κ1) is 11.9. The molecule has 0 aliphatic rings. The third kappa shape index (κ3) is 2.25. The fourth-order valence-corrected chi connectivity index (χ4v) is 1.17. The topological polar surface area (TPSA) is 79.8 Å². The van der Waals surface area contributed by atoms with Crippen molar-refractivity contribution in [2.24, 2.45) is 0 Å². The van der Waals surface area contributed by atoms with Crippen molar-refractivity contribution in [2.45, 2.75) is 12.8 Å². The third-order valence-corrected chi connectivity index (χ3v) is 1.75. The number of pyridine rings is 1. The van der Waals surface area contributed by atoms with Crippen LogP contribution in [0.3, 0.4) is 0 Å². The standard InChI is InChI=1S/C8H4F3N3O2/c9-5-3-4(1-2-12)6(7(10)11)8(13-5)14(15)16/h3,7H,1H2. The van der Waals surface area contributed by atoms with Crippen molar-refractivity contribution in [3.05, 3.63) is 33.3 Å². The first-order valence-corrected chi connectivity index (χ1v) is 3.96. The first-order chi connectivity index (χ1) is 7.47. The van der Waals surface area contributed by atoms with Gasteiger partial charge in [0, 0.05) is 6.07 Å². The second kappa shape index (κ2) is 4.57. The van der Waals surface area contributed by atoms with E-state index in [1.807, 2.05) is 0 Å². The smallest absolute Gasteiger partial charge is 0.358 e. The molecule has 1 aromatic heterocycles. The molecule has 0 spiro atoms. The summed E-state index contributed by atoms with van der Waals surface area (Å²) < 4.78 is 37.8. The van der Waals surface area contributed by atoms with Crippen LogP contribution in [0.2, 0.25) is 0 Å². The van der Waals surface area contributed by atoms with Crippen LogP contribution in [0.5, 0.6) is 0 Å². The summed E-state index contributed by atoms with van der Waals surface area (Å²) in [6, 6.07) is 2.12. The summed E-state index contributed by atoms with van der Waals surface area (Å²) in [6.07, 6.45) is -3.73. The lowest BCUT2D eigenvalue weighted by molar-refractivity contribution is -0.391. The molecule has 0 unspecified atom stereocenters. The maximum atomic E-state index is 12.8.